The minimum absolute atomic E-state index is 0.371. The highest BCUT2D eigenvalue weighted by Crippen LogP contribution is 2.57. The van der Waals surface area contributed by atoms with Crippen LogP contribution in [0.1, 0.15) is 13.8 Å². The van der Waals surface area contributed by atoms with Gasteiger partial charge < -0.3 is 4.74 Å². The van der Waals surface area contributed by atoms with Crippen LogP contribution in [0.15, 0.2) is 70.9 Å². The van der Waals surface area contributed by atoms with Crippen LogP contribution < -0.4 is 10.0 Å². The molecule has 2 amide bonds. The average molecular weight is 360 g/mol. The monoisotopic (exact) mass is 360 g/mol. The zero-order chi connectivity index (χ0) is 18.8. The normalized spacial score (nSPS) is 29.0. The predicted octanol–water partition coefficient (Wildman–Crippen LogP) is 2.34. The Morgan fingerprint density at radius 3 is 1.44 bits per heavy atom. The van der Waals surface area contributed by atoms with Crippen LogP contribution in [0.5, 0.6) is 0 Å². The van der Waals surface area contributed by atoms with Gasteiger partial charge in [-0.25, -0.2) is 0 Å². The van der Waals surface area contributed by atoms with E-state index in [2.05, 4.69) is 10.2 Å². The molecule has 1 saturated heterocycles. The van der Waals surface area contributed by atoms with Crippen molar-refractivity contribution < 1.29 is 14.3 Å². The van der Waals surface area contributed by atoms with Gasteiger partial charge in [-0.3, -0.25) is 9.59 Å². The fraction of sp³-hybridized carbons (Fsp3) is 0.200. The number of para-hydroxylation sites is 2. The Labute approximate surface area is 155 Å². The number of hydrogen-bond donors (Lipinski definition) is 0. The minimum Gasteiger partial charge on any atom is -0.329 e. The lowest BCUT2D eigenvalue weighted by atomic mass is 9.85. The van der Waals surface area contributed by atoms with Gasteiger partial charge in [-0.2, -0.15) is 20.2 Å². The number of fused-ring (bicyclic) bond motifs is 1. The molecular formula is C20H16N4O3. The van der Waals surface area contributed by atoms with E-state index in [-0.39, 0.29) is 11.8 Å². The summed E-state index contributed by atoms with van der Waals surface area (Å²) in [5.41, 5.74) is -0.675. The van der Waals surface area contributed by atoms with Crippen LogP contribution in [0, 0.1) is 0 Å². The lowest BCUT2D eigenvalue weighted by Gasteiger charge is -2.15. The minimum atomic E-state index is -1.42. The maximum absolute atomic E-state index is 13.3. The van der Waals surface area contributed by atoms with Crippen LogP contribution in [0.25, 0.3) is 0 Å². The van der Waals surface area contributed by atoms with Gasteiger partial charge in [0.25, 0.3) is 11.8 Å². The van der Waals surface area contributed by atoms with E-state index in [9.17, 15) is 9.59 Å². The summed E-state index contributed by atoms with van der Waals surface area (Å²) in [5.74, 6) is -0.743. The highest BCUT2D eigenvalue weighted by Gasteiger charge is 2.87. The molecular weight excluding hydrogens is 344 g/mol. The van der Waals surface area contributed by atoms with Gasteiger partial charge in [0.1, 0.15) is 0 Å². The van der Waals surface area contributed by atoms with Crippen molar-refractivity contribution in [2.45, 2.75) is 25.0 Å². The highest BCUT2D eigenvalue weighted by molar-refractivity contribution is 6.38. The summed E-state index contributed by atoms with van der Waals surface area (Å²) < 4.78 is 5.92. The quantitative estimate of drug-likeness (QED) is 0.771. The number of anilines is 2. The van der Waals surface area contributed by atoms with E-state index < -0.39 is 11.2 Å². The van der Waals surface area contributed by atoms with Gasteiger partial charge in [-0.1, -0.05) is 36.4 Å². The zero-order valence-corrected chi connectivity index (χ0v) is 14.8. The van der Waals surface area contributed by atoms with Crippen molar-refractivity contribution in [1.29, 1.82) is 0 Å². The standard InChI is InChI=1S/C20H16N4O3/c1-13-19(17(25)23(21-13)15-9-5-3-6-10-15)20(27-19)14(2)22-24(18(20)26)16-11-7-4-8-12-16/h3-12H,1-2H3/t19-,20-/m0/s1. The fourth-order valence-corrected chi connectivity index (χ4v) is 3.88. The molecule has 2 aromatic carbocycles. The summed E-state index contributed by atoms with van der Waals surface area (Å²) in [4.78, 5) is 26.5. The Balaban J connectivity index is 1.54. The Morgan fingerprint density at radius 2 is 1.07 bits per heavy atom. The van der Waals surface area contributed by atoms with E-state index in [1.807, 2.05) is 36.4 Å². The number of ether oxygens (including phenoxy) is 1. The van der Waals surface area contributed by atoms with Crippen molar-refractivity contribution in [3.63, 3.8) is 0 Å². The molecule has 134 valence electrons. The second-order valence-corrected chi connectivity index (χ2v) is 6.74. The molecule has 0 saturated carbocycles. The third-order valence-corrected chi connectivity index (χ3v) is 5.27. The topological polar surface area (TPSA) is 77.9 Å². The number of rotatable bonds is 2. The lowest BCUT2D eigenvalue weighted by Crippen LogP contribution is -2.48. The van der Waals surface area contributed by atoms with Gasteiger partial charge in [-0.05, 0) is 38.1 Å². The number of benzene rings is 2. The Bertz CT molecular complexity index is 950. The van der Waals surface area contributed by atoms with Crippen molar-refractivity contribution in [3.8, 4) is 0 Å². The van der Waals surface area contributed by atoms with Gasteiger partial charge in [0.2, 0.25) is 11.2 Å². The number of amides is 2. The molecule has 7 heteroatoms. The number of hydrazone groups is 2. The molecule has 1 fully saturated rings. The van der Waals surface area contributed by atoms with Gasteiger partial charge in [-0.15, -0.1) is 0 Å². The molecule has 0 bridgehead atoms. The SMILES string of the molecule is CC1=NN(c2ccccc2)C(=O)[C@@]12O[C@@]21C(=O)N(c2ccccc2)N=C1C. The van der Waals surface area contributed by atoms with Crippen LogP contribution in [0.3, 0.4) is 0 Å². The Morgan fingerprint density at radius 1 is 0.704 bits per heavy atom. The van der Waals surface area contributed by atoms with Gasteiger partial charge in [0, 0.05) is 0 Å². The molecule has 7 nitrogen and oxygen atoms in total. The van der Waals surface area contributed by atoms with Crippen molar-refractivity contribution >= 4 is 34.6 Å². The van der Waals surface area contributed by atoms with Gasteiger partial charge in [0.05, 0.1) is 22.8 Å². The first-order valence-electron chi connectivity index (χ1n) is 8.63. The third kappa shape index (κ3) is 1.79. The Hall–Kier alpha value is -3.32. The summed E-state index contributed by atoms with van der Waals surface area (Å²) in [6, 6.07) is 18.2. The second-order valence-electron chi connectivity index (χ2n) is 6.74. The molecule has 2 atom stereocenters. The molecule has 2 spiro atoms. The molecule has 3 heterocycles. The van der Waals surface area contributed by atoms with Crippen molar-refractivity contribution in [1.82, 2.24) is 0 Å². The molecule has 27 heavy (non-hydrogen) atoms. The number of carbonyl (C=O) groups excluding carboxylic acids is 2. The predicted molar refractivity (Wildman–Crippen MR) is 101 cm³/mol. The van der Waals surface area contributed by atoms with Crippen LogP contribution in [0.2, 0.25) is 0 Å². The zero-order valence-electron chi connectivity index (χ0n) is 14.8. The van der Waals surface area contributed by atoms with E-state index in [1.165, 1.54) is 10.0 Å². The van der Waals surface area contributed by atoms with Gasteiger partial charge >= 0.3 is 0 Å². The lowest BCUT2D eigenvalue weighted by molar-refractivity contribution is -0.122. The molecule has 0 aliphatic carbocycles. The summed E-state index contributed by atoms with van der Waals surface area (Å²) in [5, 5.41) is 11.4. The molecule has 3 aliphatic heterocycles. The molecule has 2 aromatic rings. The average Bonchev–Trinajstić information content (AvgIpc) is 3.29. The summed E-state index contributed by atoms with van der Waals surface area (Å²) in [6.07, 6.45) is 0. The summed E-state index contributed by atoms with van der Waals surface area (Å²) in [6.45, 7) is 3.42. The molecule has 3 aliphatic rings. The maximum Gasteiger partial charge on any atom is 0.289 e. The van der Waals surface area contributed by atoms with Crippen molar-refractivity contribution in [2.75, 3.05) is 10.0 Å². The molecule has 5 rings (SSSR count). The van der Waals surface area contributed by atoms with E-state index in [0.29, 0.717) is 22.8 Å². The van der Waals surface area contributed by atoms with E-state index >= 15 is 0 Å². The number of carbonyl (C=O) groups is 2. The number of hydrogen-bond acceptors (Lipinski definition) is 5. The number of epoxide rings is 1. The third-order valence-electron chi connectivity index (χ3n) is 5.27. The number of nitrogens with zero attached hydrogens (tertiary/aromatic N) is 4. The summed E-state index contributed by atoms with van der Waals surface area (Å²) in [7, 11) is 0. The fourth-order valence-electron chi connectivity index (χ4n) is 3.88. The van der Waals surface area contributed by atoms with Crippen LogP contribution in [-0.2, 0) is 14.3 Å². The van der Waals surface area contributed by atoms with Crippen molar-refractivity contribution in [3.05, 3.63) is 60.7 Å². The van der Waals surface area contributed by atoms with Gasteiger partial charge in [0.15, 0.2) is 0 Å². The first-order valence-corrected chi connectivity index (χ1v) is 8.63. The second kappa shape index (κ2) is 5.11. The van der Waals surface area contributed by atoms with E-state index in [4.69, 9.17) is 4.74 Å². The van der Waals surface area contributed by atoms with E-state index in [0.717, 1.165) is 0 Å². The first kappa shape index (κ1) is 15.9. The van der Waals surface area contributed by atoms with Crippen LogP contribution in [0.4, 0.5) is 11.4 Å². The first-order chi connectivity index (χ1) is 13.0. The Kier molecular flexibility index (Phi) is 3.01. The smallest absolute Gasteiger partial charge is 0.289 e. The van der Waals surface area contributed by atoms with Crippen molar-refractivity contribution in [2.24, 2.45) is 10.2 Å². The highest BCUT2D eigenvalue weighted by atomic mass is 16.7. The summed E-state index contributed by atoms with van der Waals surface area (Å²) >= 11 is 0. The maximum atomic E-state index is 13.3. The molecule has 0 aromatic heterocycles. The van der Waals surface area contributed by atoms with E-state index in [1.54, 1.807) is 38.1 Å². The van der Waals surface area contributed by atoms with Crippen LogP contribution in [-0.4, -0.2) is 34.4 Å². The largest absolute Gasteiger partial charge is 0.329 e. The van der Waals surface area contributed by atoms with Crippen LogP contribution >= 0.6 is 0 Å². The molecule has 0 N–H and O–H groups in total. The molecule has 0 radical (unpaired) electrons. The molecule has 0 unspecified atom stereocenters.